The summed E-state index contributed by atoms with van der Waals surface area (Å²) >= 11 is 6.12. The molecule has 2 N–H and O–H groups in total. The number of carbonyl (C=O) groups is 1. The first-order chi connectivity index (χ1) is 14.2. The average Bonchev–Trinajstić information content (AvgIpc) is 3.19. The summed E-state index contributed by atoms with van der Waals surface area (Å²) in [5.41, 5.74) is 4.86. The Morgan fingerprint density at radius 3 is 3.00 bits per heavy atom. The van der Waals surface area contributed by atoms with E-state index in [4.69, 9.17) is 11.6 Å². The predicted octanol–water partition coefficient (Wildman–Crippen LogP) is 4.79. The van der Waals surface area contributed by atoms with Crippen LogP contribution in [0.2, 0.25) is 5.02 Å². The number of rotatable bonds is 7. The molecule has 1 amide bonds. The highest BCUT2D eigenvalue weighted by atomic mass is 35.5. The molecule has 4 nitrogen and oxygen atoms in total. The molecule has 0 aliphatic carbocycles. The molecule has 2 heterocycles. The summed E-state index contributed by atoms with van der Waals surface area (Å²) in [4.78, 5) is 17.7. The van der Waals surface area contributed by atoms with Crippen LogP contribution in [0.5, 0.6) is 0 Å². The molecule has 0 unspecified atom stereocenters. The largest absolute Gasteiger partial charge is 0.361 e. The van der Waals surface area contributed by atoms with E-state index in [2.05, 4.69) is 33.4 Å². The summed E-state index contributed by atoms with van der Waals surface area (Å²) < 4.78 is 0. The first-order valence-corrected chi connectivity index (χ1v) is 10.6. The third-order valence-corrected chi connectivity index (χ3v) is 5.70. The van der Waals surface area contributed by atoms with Gasteiger partial charge in [-0.2, -0.15) is 0 Å². The van der Waals surface area contributed by atoms with Gasteiger partial charge < -0.3 is 10.3 Å². The Hall–Kier alpha value is -2.56. The van der Waals surface area contributed by atoms with E-state index in [1.807, 2.05) is 36.5 Å². The molecule has 1 aromatic heterocycles. The predicted molar refractivity (Wildman–Crippen MR) is 120 cm³/mol. The zero-order valence-corrected chi connectivity index (χ0v) is 17.2. The topological polar surface area (TPSA) is 48.1 Å². The zero-order valence-electron chi connectivity index (χ0n) is 16.5. The fraction of sp³-hybridized carbons (Fsp3) is 0.292. The van der Waals surface area contributed by atoms with Gasteiger partial charge in [0, 0.05) is 42.4 Å². The maximum Gasteiger partial charge on any atom is 0.243 e. The van der Waals surface area contributed by atoms with Gasteiger partial charge >= 0.3 is 0 Å². The number of nitrogens with one attached hydrogen (secondary N) is 2. The van der Waals surface area contributed by atoms with Gasteiger partial charge in [-0.15, -0.1) is 0 Å². The Bertz CT molecular complexity index is 1020. The van der Waals surface area contributed by atoms with Crippen molar-refractivity contribution in [3.8, 4) is 0 Å². The Kier molecular flexibility index (Phi) is 6.33. The van der Waals surface area contributed by atoms with Gasteiger partial charge in [0.25, 0.3) is 0 Å². The highest BCUT2D eigenvalue weighted by Gasteiger charge is 2.15. The van der Waals surface area contributed by atoms with Crippen molar-refractivity contribution < 1.29 is 4.79 Å². The van der Waals surface area contributed by atoms with Crippen molar-refractivity contribution in [3.63, 3.8) is 0 Å². The summed E-state index contributed by atoms with van der Waals surface area (Å²) in [5.74, 6) is -0.0434. The lowest BCUT2D eigenvalue weighted by molar-refractivity contribution is -0.116. The maximum absolute atomic E-state index is 12.0. The van der Waals surface area contributed by atoms with E-state index in [9.17, 15) is 4.79 Å². The van der Waals surface area contributed by atoms with Gasteiger partial charge in [0.05, 0.1) is 0 Å². The van der Waals surface area contributed by atoms with Gasteiger partial charge in [-0.1, -0.05) is 29.8 Å². The van der Waals surface area contributed by atoms with E-state index in [-0.39, 0.29) is 5.91 Å². The highest BCUT2D eigenvalue weighted by Crippen LogP contribution is 2.22. The first-order valence-electron chi connectivity index (χ1n) is 10.2. The molecule has 1 aliphatic heterocycles. The van der Waals surface area contributed by atoms with Gasteiger partial charge in [-0.25, -0.2) is 0 Å². The van der Waals surface area contributed by atoms with E-state index in [0.717, 1.165) is 55.0 Å². The molecule has 2 aromatic carbocycles. The summed E-state index contributed by atoms with van der Waals surface area (Å²) in [5, 5.41) is 4.96. The van der Waals surface area contributed by atoms with Crippen molar-refractivity contribution in [2.75, 3.05) is 19.6 Å². The molecule has 4 rings (SSSR count). The fourth-order valence-corrected chi connectivity index (χ4v) is 4.04. The molecular formula is C24H26ClN3O. The Balaban J connectivity index is 1.15. The second kappa shape index (κ2) is 9.29. The molecule has 0 atom stereocenters. The fourth-order valence-electron chi connectivity index (χ4n) is 3.85. The van der Waals surface area contributed by atoms with E-state index < -0.39 is 0 Å². The van der Waals surface area contributed by atoms with E-state index >= 15 is 0 Å². The molecular weight excluding hydrogens is 382 g/mol. The molecule has 0 spiro atoms. The molecule has 29 heavy (non-hydrogen) atoms. The lowest BCUT2D eigenvalue weighted by atomic mass is 10.00. The van der Waals surface area contributed by atoms with Crippen LogP contribution in [-0.4, -0.2) is 35.4 Å². The normalized spacial score (nSPS) is 14.4. The minimum Gasteiger partial charge on any atom is -0.361 e. The monoisotopic (exact) mass is 407 g/mol. The number of aromatic nitrogens is 1. The molecule has 3 aromatic rings. The number of carbonyl (C=O) groups excluding carboxylic acids is 1. The van der Waals surface area contributed by atoms with Crippen LogP contribution in [0.3, 0.4) is 0 Å². The number of fused-ring (bicyclic) bond motifs is 2. The van der Waals surface area contributed by atoms with E-state index in [1.54, 1.807) is 6.08 Å². The van der Waals surface area contributed by atoms with E-state index in [0.29, 0.717) is 6.54 Å². The van der Waals surface area contributed by atoms with Crippen LogP contribution in [0.4, 0.5) is 0 Å². The highest BCUT2D eigenvalue weighted by molar-refractivity contribution is 6.30. The molecule has 0 fully saturated rings. The van der Waals surface area contributed by atoms with E-state index in [1.165, 1.54) is 16.5 Å². The first kappa shape index (κ1) is 19.7. The number of aromatic amines is 1. The summed E-state index contributed by atoms with van der Waals surface area (Å²) in [6.45, 7) is 3.81. The lowest BCUT2D eigenvalue weighted by Crippen LogP contribution is -2.32. The smallest absolute Gasteiger partial charge is 0.243 e. The zero-order chi connectivity index (χ0) is 20.1. The van der Waals surface area contributed by atoms with Crippen LogP contribution >= 0.6 is 11.6 Å². The molecule has 0 bridgehead atoms. The van der Waals surface area contributed by atoms with Crippen molar-refractivity contribution in [1.29, 1.82) is 0 Å². The minimum absolute atomic E-state index is 0.0434. The van der Waals surface area contributed by atoms with Crippen LogP contribution in [0.15, 0.2) is 54.7 Å². The van der Waals surface area contributed by atoms with Crippen LogP contribution in [0, 0.1) is 0 Å². The summed E-state index contributed by atoms with van der Waals surface area (Å²) in [6, 6.07) is 14.4. The van der Waals surface area contributed by atoms with Crippen LogP contribution in [-0.2, 0) is 17.8 Å². The van der Waals surface area contributed by atoms with Gasteiger partial charge in [-0.3, -0.25) is 9.69 Å². The van der Waals surface area contributed by atoms with Gasteiger partial charge in [0.1, 0.15) is 0 Å². The molecule has 1 aliphatic rings. The van der Waals surface area contributed by atoms with Crippen molar-refractivity contribution >= 4 is 34.5 Å². The molecule has 5 heteroatoms. The van der Waals surface area contributed by atoms with Crippen LogP contribution < -0.4 is 5.32 Å². The number of benzene rings is 2. The van der Waals surface area contributed by atoms with Crippen molar-refractivity contribution in [2.24, 2.45) is 0 Å². The second-order valence-electron chi connectivity index (χ2n) is 7.60. The lowest BCUT2D eigenvalue weighted by Gasteiger charge is -2.28. The van der Waals surface area contributed by atoms with Crippen LogP contribution in [0.25, 0.3) is 17.0 Å². The maximum atomic E-state index is 12.0. The number of nitrogens with zero attached hydrogens (tertiary/aromatic N) is 1. The average molecular weight is 408 g/mol. The number of H-pyrrole nitrogens is 1. The SMILES string of the molecule is O=C(C=Cc1ccc2cc[nH]c2c1)NCCCCN1CCc2ccc(Cl)cc2C1. The Labute approximate surface area is 176 Å². The van der Waals surface area contributed by atoms with Gasteiger partial charge in [-0.05, 0) is 78.2 Å². The summed E-state index contributed by atoms with van der Waals surface area (Å²) in [6.07, 6.45) is 8.52. The van der Waals surface area contributed by atoms with Crippen LogP contribution in [0.1, 0.15) is 29.5 Å². The Morgan fingerprint density at radius 1 is 1.14 bits per heavy atom. The third-order valence-electron chi connectivity index (χ3n) is 5.47. The second-order valence-corrected chi connectivity index (χ2v) is 8.03. The number of amides is 1. The minimum atomic E-state index is -0.0434. The third kappa shape index (κ3) is 5.28. The Morgan fingerprint density at radius 2 is 2.07 bits per heavy atom. The summed E-state index contributed by atoms with van der Waals surface area (Å²) in [7, 11) is 0. The van der Waals surface area contributed by atoms with Gasteiger partial charge in [0.15, 0.2) is 0 Å². The quantitative estimate of drug-likeness (QED) is 0.437. The van der Waals surface area contributed by atoms with Crippen molar-refractivity contribution in [2.45, 2.75) is 25.8 Å². The van der Waals surface area contributed by atoms with Crippen molar-refractivity contribution in [3.05, 3.63) is 76.5 Å². The number of hydrogen-bond acceptors (Lipinski definition) is 2. The number of halogens is 1. The van der Waals surface area contributed by atoms with Gasteiger partial charge in [0.2, 0.25) is 5.91 Å². The van der Waals surface area contributed by atoms with Crippen molar-refractivity contribution in [1.82, 2.24) is 15.2 Å². The standard InChI is InChI=1S/C24H26ClN3O/c25-22-7-6-19-10-14-28(17-21(19)16-22)13-2-1-11-27-24(29)8-4-18-3-5-20-9-12-26-23(20)15-18/h3-9,12,15-16,26H,1-2,10-11,13-14,17H2,(H,27,29). The number of hydrogen-bond donors (Lipinski definition) is 2. The molecule has 0 radical (unpaired) electrons. The molecule has 0 saturated carbocycles. The number of unbranched alkanes of at least 4 members (excludes halogenated alkanes) is 1. The molecule has 0 saturated heterocycles. The molecule has 150 valence electrons.